The third-order valence-electron chi connectivity index (χ3n) is 5.54. The molecule has 0 amide bonds. The fourth-order valence-electron chi connectivity index (χ4n) is 4.06. The predicted octanol–water partition coefficient (Wildman–Crippen LogP) is 5.18. The van der Waals surface area contributed by atoms with Crippen LogP contribution in [0.5, 0.6) is 5.75 Å². The number of alkyl halides is 2. The molecule has 1 heterocycles. The molecule has 0 bridgehead atoms. The Morgan fingerprint density at radius 3 is 2.48 bits per heavy atom. The third-order valence-corrected chi connectivity index (χ3v) is 5.54. The summed E-state index contributed by atoms with van der Waals surface area (Å²) in [5.41, 5.74) is 4.04. The first-order valence-electron chi connectivity index (χ1n) is 10.2. The maximum Gasteiger partial charge on any atom is 0.335 e. The van der Waals surface area contributed by atoms with E-state index in [4.69, 9.17) is 9.84 Å². The molecule has 0 aliphatic carbocycles. The highest BCUT2D eigenvalue weighted by Crippen LogP contribution is 2.37. The van der Waals surface area contributed by atoms with Crippen molar-refractivity contribution in [3.05, 3.63) is 101 Å². The van der Waals surface area contributed by atoms with Gasteiger partial charge in [0.15, 0.2) is 0 Å². The van der Waals surface area contributed by atoms with Gasteiger partial charge >= 0.3 is 5.97 Å². The number of aromatic carboxylic acids is 1. The lowest BCUT2D eigenvalue weighted by Gasteiger charge is -2.37. The van der Waals surface area contributed by atoms with Crippen LogP contribution in [-0.2, 0) is 13.0 Å². The standard InChI is InChI=1S/C25H23F2NO3/c26-23(27)15-28-13-12-20-14-21(31-16-17-4-2-1-3-5-17)10-11-22(20)24(28)18-6-8-19(9-7-18)25(29)30/h1-11,14,23-24H,12-13,15-16H2,(H,29,30)/t24-/m1/s1. The number of fused-ring (bicyclic) bond motifs is 1. The van der Waals surface area contributed by atoms with Gasteiger partial charge in [0, 0.05) is 6.54 Å². The molecule has 1 N–H and O–H groups in total. The minimum absolute atomic E-state index is 0.171. The highest BCUT2D eigenvalue weighted by atomic mass is 19.3. The van der Waals surface area contributed by atoms with Crippen LogP contribution in [0.15, 0.2) is 72.8 Å². The van der Waals surface area contributed by atoms with Crippen LogP contribution in [0.1, 0.15) is 38.7 Å². The van der Waals surface area contributed by atoms with Crippen molar-refractivity contribution in [2.45, 2.75) is 25.5 Å². The Morgan fingerprint density at radius 1 is 1.06 bits per heavy atom. The summed E-state index contributed by atoms with van der Waals surface area (Å²) in [4.78, 5) is 12.9. The zero-order valence-corrected chi connectivity index (χ0v) is 16.9. The maximum absolute atomic E-state index is 13.2. The molecule has 1 atom stereocenters. The topological polar surface area (TPSA) is 49.8 Å². The van der Waals surface area contributed by atoms with Crippen molar-refractivity contribution in [1.82, 2.24) is 4.90 Å². The van der Waals surface area contributed by atoms with E-state index in [1.165, 1.54) is 12.1 Å². The van der Waals surface area contributed by atoms with Gasteiger partial charge in [-0.2, -0.15) is 0 Å². The molecule has 4 rings (SSSR count). The second kappa shape index (κ2) is 9.27. The van der Waals surface area contributed by atoms with Crippen LogP contribution in [0.4, 0.5) is 8.78 Å². The summed E-state index contributed by atoms with van der Waals surface area (Å²) < 4.78 is 32.4. The zero-order valence-electron chi connectivity index (χ0n) is 16.9. The van der Waals surface area contributed by atoms with Gasteiger partial charge in [-0.15, -0.1) is 0 Å². The van der Waals surface area contributed by atoms with Gasteiger partial charge in [-0.25, -0.2) is 13.6 Å². The van der Waals surface area contributed by atoms with E-state index in [9.17, 15) is 13.6 Å². The fraction of sp³-hybridized carbons (Fsp3) is 0.240. The summed E-state index contributed by atoms with van der Waals surface area (Å²) in [5.74, 6) is -0.273. The third kappa shape index (κ3) is 4.91. The van der Waals surface area contributed by atoms with Crippen molar-refractivity contribution in [3.8, 4) is 5.75 Å². The smallest absolute Gasteiger partial charge is 0.335 e. The van der Waals surface area contributed by atoms with Crippen LogP contribution in [0, 0.1) is 0 Å². The van der Waals surface area contributed by atoms with E-state index in [0.29, 0.717) is 19.6 Å². The van der Waals surface area contributed by atoms with Crippen molar-refractivity contribution in [2.75, 3.05) is 13.1 Å². The average molecular weight is 423 g/mol. The predicted molar refractivity (Wildman–Crippen MR) is 114 cm³/mol. The van der Waals surface area contributed by atoms with Crippen LogP contribution < -0.4 is 4.74 Å². The highest BCUT2D eigenvalue weighted by Gasteiger charge is 2.30. The summed E-state index contributed by atoms with van der Waals surface area (Å²) >= 11 is 0. The lowest BCUT2D eigenvalue weighted by atomic mass is 9.87. The fourth-order valence-corrected chi connectivity index (χ4v) is 4.06. The number of carboxylic acid groups (broad SMARTS) is 1. The molecule has 0 aromatic heterocycles. The van der Waals surface area contributed by atoms with Crippen molar-refractivity contribution in [3.63, 3.8) is 0 Å². The number of carbonyl (C=O) groups is 1. The zero-order chi connectivity index (χ0) is 21.8. The monoisotopic (exact) mass is 423 g/mol. The van der Waals surface area contributed by atoms with Gasteiger partial charge in [-0.05, 0) is 52.9 Å². The summed E-state index contributed by atoms with van der Waals surface area (Å²) in [6.45, 7) is 0.610. The van der Waals surface area contributed by atoms with E-state index >= 15 is 0 Å². The molecule has 3 aromatic carbocycles. The van der Waals surface area contributed by atoms with Gasteiger partial charge in [0.25, 0.3) is 6.43 Å². The maximum atomic E-state index is 13.2. The second-order valence-electron chi connectivity index (χ2n) is 7.60. The Bertz CT molecular complexity index is 1040. The van der Waals surface area contributed by atoms with E-state index < -0.39 is 12.4 Å². The summed E-state index contributed by atoms with van der Waals surface area (Å²) in [7, 11) is 0. The van der Waals surface area contributed by atoms with Crippen LogP contribution in [0.3, 0.4) is 0 Å². The van der Waals surface area contributed by atoms with Gasteiger partial charge in [0.05, 0.1) is 18.2 Å². The SMILES string of the molecule is O=C(O)c1ccc([C@@H]2c3ccc(OCc4ccccc4)cc3CCN2CC(F)F)cc1. The largest absolute Gasteiger partial charge is 0.489 e. The minimum atomic E-state index is -2.45. The average Bonchev–Trinajstić information content (AvgIpc) is 2.78. The van der Waals surface area contributed by atoms with Crippen LogP contribution in [-0.4, -0.2) is 35.5 Å². The minimum Gasteiger partial charge on any atom is -0.489 e. The first kappa shape index (κ1) is 21.0. The van der Waals surface area contributed by atoms with Crippen LogP contribution in [0.25, 0.3) is 0 Å². The molecule has 3 aromatic rings. The summed E-state index contributed by atoms with van der Waals surface area (Å²) in [6, 6.07) is 21.8. The number of hydrogen-bond acceptors (Lipinski definition) is 3. The number of benzene rings is 3. The quantitative estimate of drug-likeness (QED) is 0.569. The number of rotatable bonds is 7. The van der Waals surface area contributed by atoms with Crippen LogP contribution >= 0.6 is 0 Å². The Balaban J connectivity index is 1.61. The molecule has 0 radical (unpaired) electrons. The van der Waals surface area contributed by atoms with E-state index in [2.05, 4.69) is 0 Å². The van der Waals surface area contributed by atoms with Crippen molar-refractivity contribution < 1.29 is 23.4 Å². The lowest BCUT2D eigenvalue weighted by molar-refractivity contribution is 0.0697. The molecule has 4 nitrogen and oxygen atoms in total. The Morgan fingerprint density at radius 2 is 1.81 bits per heavy atom. The molecule has 6 heteroatoms. The van der Waals surface area contributed by atoms with Gasteiger partial charge in [0.2, 0.25) is 0 Å². The number of carboxylic acids is 1. The number of ether oxygens (including phenoxy) is 1. The molecule has 0 fully saturated rings. The van der Waals surface area contributed by atoms with Gasteiger partial charge in [-0.3, -0.25) is 4.90 Å². The van der Waals surface area contributed by atoms with E-state index in [0.717, 1.165) is 28.0 Å². The molecule has 160 valence electrons. The first-order valence-corrected chi connectivity index (χ1v) is 10.2. The molecule has 1 aliphatic rings. The molecule has 0 saturated heterocycles. The molecular weight excluding hydrogens is 400 g/mol. The molecule has 0 spiro atoms. The van der Waals surface area contributed by atoms with Gasteiger partial charge < -0.3 is 9.84 Å². The Kier molecular flexibility index (Phi) is 6.28. The van der Waals surface area contributed by atoms with Crippen molar-refractivity contribution in [2.24, 2.45) is 0 Å². The second-order valence-corrected chi connectivity index (χ2v) is 7.60. The highest BCUT2D eigenvalue weighted by molar-refractivity contribution is 5.87. The first-order chi connectivity index (χ1) is 15.0. The van der Waals surface area contributed by atoms with Gasteiger partial charge in [0.1, 0.15) is 12.4 Å². The normalized spacial score (nSPS) is 16.2. The lowest BCUT2D eigenvalue weighted by Crippen LogP contribution is -2.39. The molecule has 0 unspecified atom stereocenters. The molecular formula is C25H23F2NO3. The van der Waals surface area contributed by atoms with E-state index in [1.807, 2.05) is 48.5 Å². The van der Waals surface area contributed by atoms with Gasteiger partial charge in [-0.1, -0.05) is 48.5 Å². The number of hydrogen-bond donors (Lipinski definition) is 1. The van der Waals surface area contributed by atoms with Crippen molar-refractivity contribution >= 4 is 5.97 Å². The summed E-state index contributed by atoms with van der Waals surface area (Å²) in [6.07, 6.45) is -1.80. The molecule has 1 aliphatic heterocycles. The van der Waals surface area contributed by atoms with E-state index in [-0.39, 0.29) is 18.2 Å². The van der Waals surface area contributed by atoms with E-state index in [1.54, 1.807) is 17.0 Å². The Hall–Kier alpha value is -3.25. The van der Waals surface area contributed by atoms with Crippen LogP contribution in [0.2, 0.25) is 0 Å². The number of halogens is 2. The van der Waals surface area contributed by atoms with Crippen molar-refractivity contribution in [1.29, 1.82) is 0 Å². The Labute approximate surface area is 179 Å². The number of nitrogens with zero attached hydrogens (tertiary/aromatic N) is 1. The molecule has 0 saturated carbocycles. The summed E-state index contributed by atoms with van der Waals surface area (Å²) in [5, 5.41) is 9.15. The molecule has 31 heavy (non-hydrogen) atoms.